The van der Waals surface area contributed by atoms with Gasteiger partial charge in [0.1, 0.15) is 12.1 Å². The van der Waals surface area contributed by atoms with E-state index in [0.29, 0.717) is 11.1 Å². The van der Waals surface area contributed by atoms with Crippen molar-refractivity contribution in [2.24, 2.45) is 0 Å². The number of hydrogen-bond donors (Lipinski definition) is 1. The zero-order chi connectivity index (χ0) is 20.2. The Labute approximate surface area is 163 Å². The molecule has 0 saturated heterocycles. The molecule has 3 aromatic rings. The van der Waals surface area contributed by atoms with Gasteiger partial charge in [0.2, 0.25) is 12.3 Å². The average molecular weight is 381 g/mol. The Kier molecular flexibility index (Phi) is 5.46. The molecular formula is C21H23N3O4. The van der Waals surface area contributed by atoms with Crippen LogP contribution in [0.4, 0.5) is 4.79 Å². The molecule has 7 nitrogen and oxygen atoms in total. The molecule has 146 valence electrons. The first-order valence-electron chi connectivity index (χ1n) is 8.90. The van der Waals surface area contributed by atoms with Gasteiger partial charge in [0.05, 0.1) is 0 Å². The van der Waals surface area contributed by atoms with Crippen LogP contribution in [0, 0.1) is 0 Å². The molecule has 0 fully saturated rings. The largest absolute Gasteiger partial charge is 0.444 e. The van der Waals surface area contributed by atoms with Crippen molar-refractivity contribution in [2.75, 3.05) is 0 Å². The fraction of sp³-hybridized carbons (Fsp3) is 0.286. The van der Waals surface area contributed by atoms with Crippen LogP contribution in [-0.4, -0.2) is 31.9 Å². The van der Waals surface area contributed by atoms with Gasteiger partial charge in [-0.05, 0) is 20.8 Å². The average Bonchev–Trinajstić information content (AvgIpc) is 3.19. The molecule has 0 aliphatic carbocycles. The second kappa shape index (κ2) is 7.82. The molecule has 1 N–H and O–H groups in total. The highest BCUT2D eigenvalue weighted by Gasteiger charge is 2.44. The zero-order valence-electron chi connectivity index (χ0n) is 16.1. The summed E-state index contributed by atoms with van der Waals surface area (Å²) < 4.78 is 10.8. The van der Waals surface area contributed by atoms with Gasteiger partial charge >= 0.3 is 6.09 Å². The van der Waals surface area contributed by atoms with Crippen LogP contribution in [0.1, 0.15) is 37.8 Å². The van der Waals surface area contributed by atoms with E-state index in [1.54, 1.807) is 69.3 Å². The third-order valence-corrected chi connectivity index (χ3v) is 4.06. The van der Waals surface area contributed by atoms with Crippen molar-refractivity contribution >= 4 is 6.09 Å². The van der Waals surface area contributed by atoms with Gasteiger partial charge in [0.25, 0.3) is 0 Å². The molecule has 0 bridgehead atoms. The van der Waals surface area contributed by atoms with Gasteiger partial charge < -0.3 is 14.3 Å². The normalized spacial score (nSPS) is 11.9. The molecule has 0 spiro atoms. The quantitative estimate of drug-likeness (QED) is 0.678. The molecule has 1 amide bonds. The lowest BCUT2D eigenvalue weighted by Crippen LogP contribution is -2.51. The van der Waals surface area contributed by atoms with Crippen molar-refractivity contribution in [1.82, 2.24) is 15.1 Å². The van der Waals surface area contributed by atoms with E-state index >= 15 is 0 Å². The van der Waals surface area contributed by atoms with Crippen LogP contribution in [0.5, 0.6) is 0 Å². The molecular weight excluding hydrogens is 358 g/mol. The number of amides is 1. The summed E-state index contributed by atoms with van der Waals surface area (Å²) in [6.07, 6.45) is 0.466. The van der Waals surface area contributed by atoms with E-state index in [1.807, 2.05) is 12.1 Å². The molecule has 0 atom stereocenters. The van der Waals surface area contributed by atoms with Crippen LogP contribution in [0.3, 0.4) is 0 Å². The fourth-order valence-corrected chi connectivity index (χ4v) is 2.85. The number of carbonyl (C=O) groups is 1. The van der Waals surface area contributed by atoms with E-state index in [1.165, 1.54) is 11.3 Å². The van der Waals surface area contributed by atoms with Gasteiger partial charge in [-0.3, -0.25) is 4.90 Å². The van der Waals surface area contributed by atoms with Gasteiger partial charge in [-0.25, -0.2) is 4.79 Å². The lowest BCUT2D eigenvalue weighted by atomic mass is 9.92. The first-order valence-corrected chi connectivity index (χ1v) is 8.90. The molecule has 7 heteroatoms. The van der Waals surface area contributed by atoms with Crippen LogP contribution in [-0.2, 0) is 17.0 Å². The van der Waals surface area contributed by atoms with Crippen LogP contribution in [0.15, 0.2) is 71.5 Å². The van der Waals surface area contributed by atoms with E-state index in [2.05, 4.69) is 10.2 Å². The number of benzene rings is 2. The minimum Gasteiger partial charge on any atom is -0.444 e. The SMILES string of the molecule is CC(C)(C)OC(=O)N(Cc1nnco1)C(O)(c1ccccc1)c1ccccc1. The number of nitrogens with zero attached hydrogens (tertiary/aromatic N) is 3. The Bertz CT molecular complexity index is 851. The van der Waals surface area contributed by atoms with Gasteiger partial charge in [-0.15, -0.1) is 10.2 Å². The van der Waals surface area contributed by atoms with Crippen molar-refractivity contribution in [3.05, 3.63) is 84.1 Å². The highest BCUT2D eigenvalue weighted by molar-refractivity contribution is 5.70. The molecule has 2 aromatic carbocycles. The highest BCUT2D eigenvalue weighted by Crippen LogP contribution is 2.35. The van der Waals surface area contributed by atoms with Crippen molar-refractivity contribution in [3.8, 4) is 0 Å². The Hall–Kier alpha value is -3.19. The molecule has 0 aliphatic rings. The summed E-state index contributed by atoms with van der Waals surface area (Å²) in [6, 6.07) is 17.8. The molecule has 1 heterocycles. The molecule has 28 heavy (non-hydrogen) atoms. The number of ether oxygens (including phenoxy) is 1. The van der Waals surface area contributed by atoms with E-state index in [9.17, 15) is 9.90 Å². The smallest absolute Gasteiger partial charge is 0.413 e. The fourth-order valence-electron chi connectivity index (χ4n) is 2.85. The first-order chi connectivity index (χ1) is 13.3. The maximum atomic E-state index is 13.1. The maximum Gasteiger partial charge on any atom is 0.413 e. The Morgan fingerprint density at radius 3 is 2.00 bits per heavy atom. The summed E-state index contributed by atoms with van der Waals surface area (Å²) in [5.41, 5.74) is -1.55. The first kappa shape index (κ1) is 19.6. The minimum atomic E-state index is -1.81. The second-order valence-corrected chi connectivity index (χ2v) is 7.30. The van der Waals surface area contributed by atoms with E-state index in [4.69, 9.17) is 9.15 Å². The number of rotatable bonds is 5. The standard InChI is InChI=1S/C21H23N3O4/c1-20(2,3)28-19(25)24(14-18-23-22-15-27-18)21(26,16-10-6-4-7-11-16)17-12-8-5-9-13-17/h4-13,15,26H,14H2,1-3H3. The summed E-state index contributed by atoms with van der Waals surface area (Å²) >= 11 is 0. The predicted molar refractivity (Wildman–Crippen MR) is 102 cm³/mol. The molecule has 0 saturated carbocycles. The molecule has 0 unspecified atom stereocenters. The summed E-state index contributed by atoms with van der Waals surface area (Å²) in [5.74, 6) is 0.177. The number of aliphatic hydroxyl groups is 1. The van der Waals surface area contributed by atoms with Gasteiger partial charge in [-0.2, -0.15) is 0 Å². The Morgan fingerprint density at radius 2 is 1.57 bits per heavy atom. The highest BCUT2D eigenvalue weighted by atomic mass is 16.6. The number of carbonyl (C=O) groups excluding carboxylic acids is 1. The molecule has 0 aliphatic heterocycles. The lowest BCUT2D eigenvalue weighted by molar-refractivity contribution is -0.0917. The summed E-state index contributed by atoms with van der Waals surface area (Å²) in [7, 11) is 0. The van der Waals surface area contributed by atoms with E-state index in [-0.39, 0.29) is 12.4 Å². The topological polar surface area (TPSA) is 88.7 Å². The third kappa shape index (κ3) is 4.20. The summed E-state index contributed by atoms with van der Waals surface area (Å²) in [4.78, 5) is 14.3. The monoisotopic (exact) mass is 381 g/mol. The van der Waals surface area contributed by atoms with Gasteiger partial charge in [-0.1, -0.05) is 60.7 Å². The van der Waals surface area contributed by atoms with Crippen molar-refractivity contribution < 1.29 is 19.1 Å². The molecule has 3 rings (SSSR count). The van der Waals surface area contributed by atoms with Gasteiger partial charge in [0, 0.05) is 11.1 Å². The zero-order valence-corrected chi connectivity index (χ0v) is 16.1. The van der Waals surface area contributed by atoms with Crippen LogP contribution in [0.25, 0.3) is 0 Å². The Morgan fingerprint density at radius 1 is 1.04 bits per heavy atom. The van der Waals surface area contributed by atoms with Crippen LogP contribution >= 0.6 is 0 Å². The Balaban J connectivity index is 2.14. The molecule has 0 radical (unpaired) electrons. The van der Waals surface area contributed by atoms with Crippen molar-refractivity contribution in [2.45, 2.75) is 38.6 Å². The van der Waals surface area contributed by atoms with Crippen LogP contribution < -0.4 is 0 Å². The molecule has 1 aromatic heterocycles. The second-order valence-electron chi connectivity index (χ2n) is 7.30. The lowest BCUT2D eigenvalue weighted by Gasteiger charge is -2.40. The van der Waals surface area contributed by atoms with Gasteiger partial charge in [0.15, 0.2) is 5.72 Å². The predicted octanol–water partition coefficient (Wildman–Crippen LogP) is 3.70. The number of hydrogen-bond acceptors (Lipinski definition) is 6. The minimum absolute atomic E-state index is 0.130. The van der Waals surface area contributed by atoms with Crippen molar-refractivity contribution in [3.63, 3.8) is 0 Å². The van der Waals surface area contributed by atoms with Crippen molar-refractivity contribution in [1.29, 1.82) is 0 Å². The maximum absolute atomic E-state index is 13.1. The summed E-state index contributed by atoms with van der Waals surface area (Å²) in [5, 5.41) is 19.4. The third-order valence-electron chi connectivity index (χ3n) is 4.06. The van der Waals surface area contributed by atoms with Crippen LogP contribution in [0.2, 0.25) is 0 Å². The van der Waals surface area contributed by atoms with E-state index in [0.717, 1.165) is 0 Å². The number of aromatic nitrogens is 2. The van der Waals surface area contributed by atoms with E-state index < -0.39 is 17.4 Å². The summed E-state index contributed by atoms with van der Waals surface area (Å²) in [6.45, 7) is 5.16.